The van der Waals surface area contributed by atoms with Crippen molar-refractivity contribution in [1.29, 1.82) is 0 Å². The van der Waals surface area contributed by atoms with Crippen LogP contribution >= 0.6 is 0 Å². The van der Waals surface area contributed by atoms with Gasteiger partial charge < -0.3 is 14.6 Å². The average molecular weight is 456 g/mol. The molecule has 6 heteroatoms. The molecule has 1 unspecified atom stereocenters. The number of aliphatic hydroxyl groups excluding tert-OH is 1. The fourth-order valence-electron chi connectivity index (χ4n) is 4.46. The maximum atomic E-state index is 13.3. The normalized spacial score (nSPS) is 18.6. The molecule has 1 atom stereocenters. The number of carbonyl (C=O) groups excluding carboxylic acids is 2. The third-order valence-corrected chi connectivity index (χ3v) is 6.11. The summed E-state index contributed by atoms with van der Waals surface area (Å²) in [6, 6.07) is 20.9. The van der Waals surface area contributed by atoms with E-state index < -0.39 is 17.7 Å². The summed E-state index contributed by atoms with van der Waals surface area (Å²) in [7, 11) is 0. The fraction of sp³-hybridized carbons (Fsp3) is 0.214. The molecule has 2 aliphatic rings. The lowest BCUT2D eigenvalue weighted by atomic mass is 9.94. The summed E-state index contributed by atoms with van der Waals surface area (Å²) in [4.78, 5) is 27.9. The summed E-state index contributed by atoms with van der Waals surface area (Å²) in [6.45, 7) is 3.22. The Bertz CT molecular complexity index is 1260. The topological polar surface area (TPSA) is 76.1 Å². The molecule has 0 radical (unpaired) electrons. The average Bonchev–Trinajstić information content (AvgIpc) is 3.45. The fourth-order valence-corrected chi connectivity index (χ4v) is 4.46. The van der Waals surface area contributed by atoms with Crippen LogP contribution < -0.4 is 14.4 Å². The molecule has 0 bridgehead atoms. The smallest absolute Gasteiger partial charge is 0.300 e. The van der Waals surface area contributed by atoms with E-state index in [9.17, 15) is 14.7 Å². The molecule has 3 aromatic rings. The van der Waals surface area contributed by atoms with Crippen molar-refractivity contribution in [2.75, 3.05) is 18.1 Å². The SMILES string of the molecule is CCCOc1ccc(C2/C(=C(/O)c3ccc4c(c3)CCO4)C(=O)C(=O)N2c2ccccc2)cc1. The molecule has 0 spiro atoms. The van der Waals surface area contributed by atoms with Crippen molar-refractivity contribution in [2.45, 2.75) is 25.8 Å². The summed E-state index contributed by atoms with van der Waals surface area (Å²) < 4.78 is 11.3. The third kappa shape index (κ3) is 3.81. The van der Waals surface area contributed by atoms with Crippen LogP contribution in [0.2, 0.25) is 0 Å². The van der Waals surface area contributed by atoms with Crippen LogP contribution in [0.3, 0.4) is 0 Å². The number of benzene rings is 3. The molecule has 0 aromatic heterocycles. The lowest BCUT2D eigenvalue weighted by Gasteiger charge is -2.25. The highest BCUT2D eigenvalue weighted by molar-refractivity contribution is 6.51. The number of nitrogens with zero attached hydrogens (tertiary/aromatic N) is 1. The van der Waals surface area contributed by atoms with E-state index in [2.05, 4.69) is 0 Å². The summed E-state index contributed by atoms with van der Waals surface area (Å²) in [5.41, 5.74) is 2.81. The molecular weight excluding hydrogens is 430 g/mol. The molecule has 1 fully saturated rings. The lowest BCUT2D eigenvalue weighted by Crippen LogP contribution is -2.29. The van der Waals surface area contributed by atoms with Gasteiger partial charge in [0.2, 0.25) is 0 Å². The van der Waals surface area contributed by atoms with Crippen LogP contribution in [0.15, 0.2) is 78.4 Å². The molecule has 2 aliphatic heterocycles. The molecule has 1 amide bonds. The van der Waals surface area contributed by atoms with Crippen LogP contribution in [0.1, 0.15) is 36.1 Å². The van der Waals surface area contributed by atoms with E-state index in [-0.39, 0.29) is 11.3 Å². The number of aliphatic hydroxyl groups is 1. The molecule has 1 N–H and O–H groups in total. The Morgan fingerprint density at radius 3 is 2.56 bits per heavy atom. The van der Waals surface area contributed by atoms with E-state index in [0.29, 0.717) is 35.8 Å². The number of Topliss-reactive ketones (excluding diaryl/α,β-unsaturated/α-hetero) is 1. The highest BCUT2D eigenvalue weighted by Gasteiger charge is 2.47. The van der Waals surface area contributed by atoms with Gasteiger partial charge >= 0.3 is 0 Å². The first kappa shape index (κ1) is 21.8. The van der Waals surface area contributed by atoms with E-state index in [1.807, 2.05) is 55.5 Å². The number of ketones is 1. The first-order valence-corrected chi connectivity index (χ1v) is 11.4. The quantitative estimate of drug-likeness (QED) is 0.320. The number of hydrogen-bond acceptors (Lipinski definition) is 5. The van der Waals surface area contributed by atoms with Crippen molar-refractivity contribution in [3.8, 4) is 11.5 Å². The number of hydrogen-bond donors (Lipinski definition) is 1. The Morgan fingerprint density at radius 2 is 1.82 bits per heavy atom. The number of rotatable bonds is 6. The van der Waals surface area contributed by atoms with E-state index in [0.717, 1.165) is 24.2 Å². The van der Waals surface area contributed by atoms with Crippen LogP contribution in [0.5, 0.6) is 11.5 Å². The summed E-state index contributed by atoms with van der Waals surface area (Å²) in [6.07, 6.45) is 1.62. The second-order valence-corrected chi connectivity index (χ2v) is 8.34. The van der Waals surface area contributed by atoms with Crippen LogP contribution in [-0.4, -0.2) is 30.0 Å². The molecular formula is C28H25NO5. The monoisotopic (exact) mass is 455 g/mol. The number of para-hydroxylation sites is 1. The Kier molecular flexibility index (Phi) is 5.80. The van der Waals surface area contributed by atoms with Gasteiger partial charge in [0.15, 0.2) is 0 Å². The zero-order valence-electron chi connectivity index (χ0n) is 18.9. The minimum absolute atomic E-state index is 0.0648. The standard InChI is InChI=1S/C28H25NO5/c1-2-15-33-22-11-8-18(9-12-22)25-24(26(30)20-10-13-23-19(17-20)14-16-34-23)27(31)28(32)29(25)21-6-4-3-5-7-21/h3-13,17,25,30H,2,14-16H2,1H3/b26-24-. The Balaban J connectivity index is 1.63. The molecule has 172 valence electrons. The summed E-state index contributed by atoms with van der Waals surface area (Å²) in [5.74, 6) is -0.0906. The van der Waals surface area contributed by atoms with Crippen LogP contribution in [0, 0.1) is 0 Å². The first-order valence-electron chi connectivity index (χ1n) is 11.4. The number of ether oxygens (including phenoxy) is 2. The molecule has 5 rings (SSSR count). The van der Waals surface area contributed by atoms with E-state index in [1.54, 1.807) is 24.3 Å². The van der Waals surface area contributed by atoms with Gasteiger partial charge in [-0.2, -0.15) is 0 Å². The van der Waals surface area contributed by atoms with Gasteiger partial charge in [-0.15, -0.1) is 0 Å². The molecule has 34 heavy (non-hydrogen) atoms. The van der Waals surface area contributed by atoms with Gasteiger partial charge in [0.25, 0.3) is 11.7 Å². The van der Waals surface area contributed by atoms with E-state index >= 15 is 0 Å². The molecule has 6 nitrogen and oxygen atoms in total. The second kappa shape index (κ2) is 9.06. The van der Waals surface area contributed by atoms with Crippen molar-refractivity contribution in [3.63, 3.8) is 0 Å². The van der Waals surface area contributed by atoms with Crippen LogP contribution in [0.4, 0.5) is 5.69 Å². The number of amides is 1. The molecule has 3 aromatic carbocycles. The highest BCUT2D eigenvalue weighted by atomic mass is 16.5. The van der Waals surface area contributed by atoms with Gasteiger partial charge in [0.1, 0.15) is 17.3 Å². The Labute approximate surface area is 198 Å². The predicted octanol–water partition coefficient (Wildman–Crippen LogP) is 5.04. The van der Waals surface area contributed by atoms with Crippen molar-refractivity contribution >= 4 is 23.1 Å². The molecule has 1 saturated heterocycles. The van der Waals surface area contributed by atoms with Gasteiger partial charge in [-0.3, -0.25) is 14.5 Å². The predicted molar refractivity (Wildman–Crippen MR) is 129 cm³/mol. The minimum Gasteiger partial charge on any atom is -0.507 e. The van der Waals surface area contributed by atoms with Crippen LogP contribution in [0.25, 0.3) is 5.76 Å². The number of fused-ring (bicyclic) bond motifs is 1. The van der Waals surface area contributed by atoms with Gasteiger partial charge in [0.05, 0.1) is 24.8 Å². The zero-order chi connectivity index (χ0) is 23.7. The Morgan fingerprint density at radius 1 is 1.06 bits per heavy atom. The third-order valence-electron chi connectivity index (χ3n) is 6.11. The number of carbonyl (C=O) groups is 2. The van der Waals surface area contributed by atoms with Crippen molar-refractivity contribution in [3.05, 3.63) is 95.1 Å². The minimum atomic E-state index is -0.771. The van der Waals surface area contributed by atoms with E-state index in [4.69, 9.17) is 9.47 Å². The molecule has 0 aliphatic carbocycles. The first-order chi connectivity index (χ1) is 16.6. The second-order valence-electron chi connectivity index (χ2n) is 8.34. The van der Waals surface area contributed by atoms with E-state index in [1.165, 1.54) is 4.90 Å². The summed E-state index contributed by atoms with van der Waals surface area (Å²) in [5, 5.41) is 11.3. The maximum absolute atomic E-state index is 13.3. The maximum Gasteiger partial charge on any atom is 0.300 e. The van der Waals surface area contributed by atoms with Crippen LogP contribution in [-0.2, 0) is 16.0 Å². The lowest BCUT2D eigenvalue weighted by molar-refractivity contribution is -0.132. The van der Waals surface area contributed by atoms with Crippen molar-refractivity contribution < 1.29 is 24.2 Å². The number of anilines is 1. The Hall–Kier alpha value is -4.06. The van der Waals surface area contributed by atoms with Gasteiger partial charge in [-0.25, -0.2) is 0 Å². The molecule has 2 heterocycles. The zero-order valence-corrected chi connectivity index (χ0v) is 18.9. The largest absolute Gasteiger partial charge is 0.507 e. The summed E-state index contributed by atoms with van der Waals surface area (Å²) >= 11 is 0. The molecule has 0 saturated carbocycles. The van der Waals surface area contributed by atoms with Crippen molar-refractivity contribution in [1.82, 2.24) is 0 Å². The van der Waals surface area contributed by atoms with Gasteiger partial charge in [-0.05, 0) is 60.0 Å². The van der Waals surface area contributed by atoms with Crippen molar-refractivity contribution in [2.24, 2.45) is 0 Å². The highest BCUT2D eigenvalue weighted by Crippen LogP contribution is 2.43. The van der Waals surface area contributed by atoms with Gasteiger partial charge in [0, 0.05) is 17.7 Å². The van der Waals surface area contributed by atoms with Gasteiger partial charge in [-0.1, -0.05) is 37.3 Å².